The fourth-order valence-electron chi connectivity index (χ4n) is 1.31. The number of hydrogen-bond donors (Lipinski definition) is 1. The topological polar surface area (TPSA) is 46.5 Å². The maximum Gasteiger partial charge on any atom is 0.309 e. The molecule has 0 fully saturated rings. The van der Waals surface area contributed by atoms with Crippen molar-refractivity contribution in [1.82, 2.24) is 0 Å². The number of rotatable bonds is 4. The van der Waals surface area contributed by atoms with Crippen LogP contribution in [0.3, 0.4) is 0 Å². The van der Waals surface area contributed by atoms with E-state index in [1.165, 1.54) is 0 Å². The lowest BCUT2D eigenvalue weighted by molar-refractivity contribution is -0.142. The monoisotopic (exact) mass is 208 g/mol. The number of carboxylic acid groups (broad SMARTS) is 1. The summed E-state index contributed by atoms with van der Waals surface area (Å²) in [6, 6.07) is 5.86. The molecule has 0 saturated carbocycles. The maximum absolute atomic E-state index is 10.6. The van der Waals surface area contributed by atoms with Crippen LogP contribution >= 0.6 is 0 Å². The van der Waals surface area contributed by atoms with E-state index in [4.69, 9.17) is 9.84 Å². The predicted molar refractivity (Wildman–Crippen MR) is 58.2 cm³/mol. The Hall–Kier alpha value is -1.51. The van der Waals surface area contributed by atoms with E-state index in [2.05, 4.69) is 0 Å². The van der Waals surface area contributed by atoms with Gasteiger partial charge in [0.1, 0.15) is 12.4 Å². The van der Waals surface area contributed by atoms with Gasteiger partial charge in [0.05, 0.1) is 5.92 Å². The minimum Gasteiger partial charge on any atom is -0.493 e. The van der Waals surface area contributed by atoms with Gasteiger partial charge >= 0.3 is 5.97 Å². The van der Waals surface area contributed by atoms with Gasteiger partial charge in [0.25, 0.3) is 0 Å². The Morgan fingerprint density at radius 3 is 2.33 bits per heavy atom. The van der Waals surface area contributed by atoms with Crippen LogP contribution in [0.4, 0.5) is 0 Å². The van der Waals surface area contributed by atoms with Crippen molar-refractivity contribution in [1.29, 1.82) is 0 Å². The molecule has 3 nitrogen and oxygen atoms in total. The summed E-state index contributed by atoms with van der Waals surface area (Å²) in [4.78, 5) is 10.6. The zero-order valence-electron chi connectivity index (χ0n) is 9.28. The van der Waals surface area contributed by atoms with E-state index in [1.807, 2.05) is 32.0 Å². The summed E-state index contributed by atoms with van der Waals surface area (Å²) in [5.41, 5.74) is 2.24. The number of aryl methyl sites for hydroxylation is 2. The average molecular weight is 208 g/mol. The van der Waals surface area contributed by atoms with Crippen molar-refractivity contribution >= 4 is 5.97 Å². The van der Waals surface area contributed by atoms with Crippen LogP contribution in [0.2, 0.25) is 0 Å². The summed E-state index contributed by atoms with van der Waals surface area (Å²) in [5, 5.41) is 8.69. The molecule has 1 rings (SSSR count). The van der Waals surface area contributed by atoms with Gasteiger partial charge < -0.3 is 9.84 Å². The molecule has 0 aliphatic rings. The third kappa shape index (κ3) is 3.62. The first-order valence-corrected chi connectivity index (χ1v) is 4.93. The Morgan fingerprint density at radius 2 is 1.87 bits per heavy atom. The second kappa shape index (κ2) is 4.82. The smallest absolute Gasteiger partial charge is 0.309 e. The minimum atomic E-state index is -0.834. The molecule has 1 N–H and O–H groups in total. The summed E-state index contributed by atoms with van der Waals surface area (Å²) in [6.07, 6.45) is 0. The lowest BCUT2D eigenvalue weighted by atomic mass is 10.1. The van der Waals surface area contributed by atoms with E-state index in [0.717, 1.165) is 16.9 Å². The Kier molecular flexibility index (Phi) is 3.72. The molecular formula is C12H16O3. The largest absolute Gasteiger partial charge is 0.493 e. The first-order chi connectivity index (χ1) is 6.99. The van der Waals surface area contributed by atoms with E-state index in [-0.39, 0.29) is 6.61 Å². The van der Waals surface area contributed by atoms with Gasteiger partial charge in [-0.15, -0.1) is 0 Å². The molecular weight excluding hydrogens is 192 g/mol. The third-order valence-corrected chi connectivity index (χ3v) is 2.12. The normalized spacial score (nSPS) is 12.2. The highest BCUT2D eigenvalue weighted by Crippen LogP contribution is 2.16. The average Bonchev–Trinajstić information content (AvgIpc) is 2.12. The highest BCUT2D eigenvalue weighted by molar-refractivity contribution is 5.69. The van der Waals surface area contributed by atoms with Crippen molar-refractivity contribution in [3.8, 4) is 5.75 Å². The van der Waals surface area contributed by atoms with Crippen LogP contribution in [-0.2, 0) is 4.79 Å². The van der Waals surface area contributed by atoms with Crippen molar-refractivity contribution in [2.24, 2.45) is 5.92 Å². The number of ether oxygens (including phenoxy) is 1. The minimum absolute atomic E-state index is 0.207. The molecule has 0 saturated heterocycles. The molecule has 0 aliphatic carbocycles. The molecule has 1 aromatic rings. The fraction of sp³-hybridized carbons (Fsp3) is 0.417. The van der Waals surface area contributed by atoms with Crippen LogP contribution in [0.25, 0.3) is 0 Å². The maximum atomic E-state index is 10.6. The first-order valence-electron chi connectivity index (χ1n) is 4.93. The van der Waals surface area contributed by atoms with Gasteiger partial charge in [0.15, 0.2) is 0 Å². The number of benzene rings is 1. The zero-order valence-corrected chi connectivity index (χ0v) is 9.28. The summed E-state index contributed by atoms with van der Waals surface area (Å²) in [6.45, 7) is 5.81. The number of aliphatic carboxylic acids is 1. The summed E-state index contributed by atoms with van der Waals surface area (Å²) >= 11 is 0. The molecule has 0 bridgehead atoms. The Morgan fingerprint density at radius 1 is 1.33 bits per heavy atom. The highest BCUT2D eigenvalue weighted by Gasteiger charge is 2.11. The standard InChI is InChI=1S/C12H16O3/c1-8-4-9(2)6-11(5-8)15-7-10(3)12(13)14/h4-6,10H,7H2,1-3H3,(H,13,14). The number of hydrogen-bond acceptors (Lipinski definition) is 2. The lowest BCUT2D eigenvalue weighted by Gasteiger charge is -2.10. The van der Waals surface area contributed by atoms with Crippen molar-refractivity contribution in [3.05, 3.63) is 29.3 Å². The molecule has 1 aromatic carbocycles. The Bertz CT molecular complexity index is 338. The number of carbonyl (C=O) groups is 1. The highest BCUT2D eigenvalue weighted by atomic mass is 16.5. The molecule has 0 heterocycles. The molecule has 1 unspecified atom stereocenters. The third-order valence-electron chi connectivity index (χ3n) is 2.12. The summed E-state index contributed by atoms with van der Waals surface area (Å²) < 4.78 is 5.41. The van der Waals surface area contributed by atoms with Gasteiger partial charge in [-0.3, -0.25) is 4.79 Å². The van der Waals surface area contributed by atoms with E-state index >= 15 is 0 Å². The molecule has 0 aliphatic heterocycles. The first kappa shape index (κ1) is 11.6. The van der Waals surface area contributed by atoms with Crippen molar-refractivity contribution in [2.45, 2.75) is 20.8 Å². The molecule has 0 amide bonds. The molecule has 0 aromatic heterocycles. The predicted octanol–water partition coefficient (Wildman–Crippen LogP) is 2.40. The van der Waals surface area contributed by atoms with Gasteiger partial charge in [-0.1, -0.05) is 6.07 Å². The summed E-state index contributed by atoms with van der Waals surface area (Å²) in [5.74, 6) is -0.578. The van der Waals surface area contributed by atoms with Crippen LogP contribution < -0.4 is 4.74 Å². The summed E-state index contributed by atoms with van der Waals surface area (Å²) in [7, 11) is 0. The van der Waals surface area contributed by atoms with E-state index < -0.39 is 11.9 Å². The van der Waals surface area contributed by atoms with Crippen LogP contribution in [0, 0.1) is 19.8 Å². The molecule has 3 heteroatoms. The van der Waals surface area contributed by atoms with E-state index in [1.54, 1.807) is 6.92 Å². The van der Waals surface area contributed by atoms with Crippen molar-refractivity contribution in [3.63, 3.8) is 0 Å². The molecule has 15 heavy (non-hydrogen) atoms. The molecule has 1 atom stereocenters. The van der Waals surface area contributed by atoms with Crippen LogP contribution in [-0.4, -0.2) is 17.7 Å². The fourth-order valence-corrected chi connectivity index (χ4v) is 1.31. The van der Waals surface area contributed by atoms with Gasteiger partial charge in [0.2, 0.25) is 0 Å². The van der Waals surface area contributed by atoms with Crippen LogP contribution in [0.15, 0.2) is 18.2 Å². The van der Waals surface area contributed by atoms with Crippen LogP contribution in [0.1, 0.15) is 18.1 Å². The Balaban J connectivity index is 2.61. The SMILES string of the molecule is Cc1cc(C)cc(OCC(C)C(=O)O)c1. The van der Waals surface area contributed by atoms with E-state index in [0.29, 0.717) is 0 Å². The van der Waals surface area contributed by atoms with Crippen molar-refractivity contribution < 1.29 is 14.6 Å². The lowest BCUT2D eigenvalue weighted by Crippen LogP contribution is -2.17. The van der Waals surface area contributed by atoms with E-state index in [9.17, 15) is 4.79 Å². The van der Waals surface area contributed by atoms with Gasteiger partial charge in [-0.25, -0.2) is 0 Å². The molecule has 0 radical (unpaired) electrons. The second-order valence-electron chi connectivity index (χ2n) is 3.87. The molecule has 0 spiro atoms. The quantitative estimate of drug-likeness (QED) is 0.826. The Labute approximate surface area is 89.7 Å². The zero-order chi connectivity index (χ0) is 11.4. The molecule has 82 valence electrons. The van der Waals surface area contributed by atoms with Gasteiger partial charge in [0, 0.05) is 0 Å². The van der Waals surface area contributed by atoms with Gasteiger partial charge in [-0.2, -0.15) is 0 Å². The van der Waals surface area contributed by atoms with Crippen LogP contribution in [0.5, 0.6) is 5.75 Å². The second-order valence-corrected chi connectivity index (χ2v) is 3.87. The number of carboxylic acids is 1. The van der Waals surface area contributed by atoms with Crippen molar-refractivity contribution in [2.75, 3.05) is 6.61 Å². The van der Waals surface area contributed by atoms with Gasteiger partial charge in [-0.05, 0) is 44.0 Å².